The van der Waals surface area contributed by atoms with E-state index >= 15 is 0 Å². The van der Waals surface area contributed by atoms with Gasteiger partial charge in [-0.25, -0.2) is 4.39 Å². The number of halogens is 1. The van der Waals surface area contributed by atoms with Crippen molar-refractivity contribution in [3.8, 4) is 11.3 Å². The van der Waals surface area contributed by atoms with Crippen LogP contribution in [0.15, 0.2) is 54.9 Å². The number of H-pyrrole nitrogens is 1. The summed E-state index contributed by atoms with van der Waals surface area (Å²) in [4.78, 5) is 18.8. The minimum atomic E-state index is -0.370. The minimum absolute atomic E-state index is 0.00209. The summed E-state index contributed by atoms with van der Waals surface area (Å²) in [5, 5.41) is 7.01. The predicted molar refractivity (Wildman–Crippen MR) is 96.1 cm³/mol. The number of nitrogens with zero attached hydrogens (tertiary/aromatic N) is 3. The molecule has 1 atom stereocenters. The molecule has 6 heteroatoms. The van der Waals surface area contributed by atoms with E-state index in [0.717, 1.165) is 25.1 Å². The van der Waals surface area contributed by atoms with E-state index in [4.69, 9.17) is 0 Å². The van der Waals surface area contributed by atoms with Gasteiger partial charge in [-0.05, 0) is 43.2 Å². The number of benzene rings is 1. The van der Waals surface area contributed by atoms with Crippen LogP contribution in [0.1, 0.15) is 34.8 Å². The number of carbonyl (C=O) groups excluding carboxylic acids is 1. The Morgan fingerprint density at radius 1 is 1.15 bits per heavy atom. The lowest BCUT2D eigenvalue weighted by Gasteiger charge is -2.32. The van der Waals surface area contributed by atoms with Crippen molar-refractivity contribution in [3.05, 3.63) is 71.9 Å². The largest absolute Gasteiger partial charge is 0.338 e. The average Bonchev–Trinajstić information content (AvgIpc) is 3.23. The number of hydrogen-bond acceptors (Lipinski definition) is 3. The molecule has 5 nitrogen and oxygen atoms in total. The molecular formula is C20H19FN4O. The van der Waals surface area contributed by atoms with Gasteiger partial charge in [0.15, 0.2) is 0 Å². The molecule has 3 aromatic rings. The Bertz CT molecular complexity index is 892. The van der Waals surface area contributed by atoms with Crippen molar-refractivity contribution < 1.29 is 9.18 Å². The first-order valence-corrected chi connectivity index (χ1v) is 8.72. The molecule has 0 spiro atoms. The Morgan fingerprint density at radius 3 is 2.73 bits per heavy atom. The van der Waals surface area contributed by atoms with E-state index in [9.17, 15) is 9.18 Å². The van der Waals surface area contributed by atoms with E-state index < -0.39 is 0 Å². The normalized spacial score (nSPS) is 17.3. The van der Waals surface area contributed by atoms with Crippen LogP contribution in [-0.2, 0) is 0 Å². The summed E-state index contributed by atoms with van der Waals surface area (Å²) in [6.07, 6.45) is 5.31. The second-order valence-electron chi connectivity index (χ2n) is 6.51. The molecule has 2 aromatic heterocycles. The summed E-state index contributed by atoms with van der Waals surface area (Å²) >= 11 is 0. The van der Waals surface area contributed by atoms with E-state index in [1.807, 2.05) is 11.0 Å². The summed E-state index contributed by atoms with van der Waals surface area (Å²) < 4.78 is 13.9. The molecule has 1 fully saturated rings. The van der Waals surface area contributed by atoms with Crippen LogP contribution in [0.2, 0.25) is 0 Å². The molecule has 0 saturated carbocycles. The third-order valence-corrected chi connectivity index (χ3v) is 4.83. The minimum Gasteiger partial charge on any atom is -0.338 e. The molecule has 1 N–H and O–H groups in total. The highest BCUT2D eigenvalue weighted by molar-refractivity contribution is 5.94. The van der Waals surface area contributed by atoms with Crippen LogP contribution in [0.3, 0.4) is 0 Å². The van der Waals surface area contributed by atoms with Crippen molar-refractivity contribution in [2.75, 3.05) is 13.1 Å². The van der Waals surface area contributed by atoms with Crippen molar-refractivity contribution in [2.45, 2.75) is 18.8 Å². The van der Waals surface area contributed by atoms with Crippen molar-refractivity contribution in [2.24, 2.45) is 0 Å². The van der Waals surface area contributed by atoms with Gasteiger partial charge >= 0.3 is 0 Å². The Hall–Kier alpha value is -3.02. The van der Waals surface area contributed by atoms with Crippen molar-refractivity contribution in [1.29, 1.82) is 0 Å². The van der Waals surface area contributed by atoms with Gasteiger partial charge in [-0.3, -0.25) is 14.9 Å². The van der Waals surface area contributed by atoms with Gasteiger partial charge < -0.3 is 4.90 Å². The Labute approximate surface area is 150 Å². The quantitative estimate of drug-likeness (QED) is 0.785. The topological polar surface area (TPSA) is 61.9 Å². The van der Waals surface area contributed by atoms with Crippen LogP contribution in [0, 0.1) is 5.82 Å². The van der Waals surface area contributed by atoms with Gasteiger partial charge in [-0.2, -0.15) is 5.10 Å². The average molecular weight is 350 g/mol. The number of nitrogens with one attached hydrogen (secondary N) is 1. The van der Waals surface area contributed by atoms with Crippen molar-refractivity contribution in [3.63, 3.8) is 0 Å². The third kappa shape index (κ3) is 3.22. The van der Waals surface area contributed by atoms with E-state index in [1.165, 1.54) is 6.07 Å². The zero-order chi connectivity index (χ0) is 17.9. The number of pyridine rings is 1. The highest BCUT2D eigenvalue weighted by Gasteiger charge is 2.26. The standard InChI is InChI=1S/C20H19FN4O/c21-17-4-1-10-22-19(17)14-5-7-15(8-6-14)20(26)25-12-2-3-16(13-25)18-9-11-23-24-18/h1,4-11,16H,2-3,12-13H2,(H,23,24)/t16-/m1/s1. The smallest absolute Gasteiger partial charge is 0.253 e. The monoisotopic (exact) mass is 350 g/mol. The molecule has 3 heterocycles. The highest BCUT2D eigenvalue weighted by atomic mass is 19.1. The van der Waals surface area contributed by atoms with Gasteiger partial charge in [0.25, 0.3) is 5.91 Å². The number of hydrogen-bond donors (Lipinski definition) is 1. The van der Waals surface area contributed by atoms with Gasteiger partial charge in [-0.1, -0.05) is 12.1 Å². The molecule has 0 aliphatic carbocycles. The summed E-state index contributed by atoms with van der Waals surface area (Å²) in [5.74, 6) is -0.0793. The van der Waals surface area contributed by atoms with E-state index in [0.29, 0.717) is 23.4 Å². The number of aromatic amines is 1. The lowest BCUT2D eigenvalue weighted by Crippen LogP contribution is -2.39. The van der Waals surface area contributed by atoms with Crippen LogP contribution in [0.4, 0.5) is 4.39 Å². The van der Waals surface area contributed by atoms with Crippen LogP contribution in [0.25, 0.3) is 11.3 Å². The molecule has 0 radical (unpaired) electrons. The first-order chi connectivity index (χ1) is 12.7. The maximum atomic E-state index is 13.9. The Kier molecular flexibility index (Phi) is 4.48. The first-order valence-electron chi connectivity index (χ1n) is 8.72. The van der Waals surface area contributed by atoms with Crippen LogP contribution in [0.5, 0.6) is 0 Å². The molecule has 26 heavy (non-hydrogen) atoms. The predicted octanol–water partition coefficient (Wildman–Crippen LogP) is 3.63. The maximum Gasteiger partial charge on any atom is 0.253 e. The molecule has 1 aromatic carbocycles. The lowest BCUT2D eigenvalue weighted by molar-refractivity contribution is 0.0706. The van der Waals surface area contributed by atoms with E-state index in [1.54, 1.807) is 42.7 Å². The van der Waals surface area contributed by atoms with Gasteiger partial charge in [0, 0.05) is 48.2 Å². The van der Waals surface area contributed by atoms with E-state index in [2.05, 4.69) is 15.2 Å². The maximum absolute atomic E-state index is 13.9. The van der Waals surface area contributed by atoms with Crippen LogP contribution >= 0.6 is 0 Å². The summed E-state index contributed by atoms with van der Waals surface area (Å²) in [6.45, 7) is 1.43. The number of amides is 1. The molecule has 132 valence electrons. The molecule has 1 amide bonds. The van der Waals surface area contributed by atoms with Crippen LogP contribution in [-0.4, -0.2) is 39.1 Å². The number of rotatable bonds is 3. The van der Waals surface area contributed by atoms with E-state index in [-0.39, 0.29) is 17.6 Å². The molecule has 0 bridgehead atoms. The van der Waals surface area contributed by atoms with Gasteiger partial charge in [0.1, 0.15) is 11.5 Å². The molecule has 1 aliphatic rings. The summed E-state index contributed by atoms with van der Waals surface area (Å²) in [6, 6.07) is 11.9. The third-order valence-electron chi connectivity index (χ3n) is 4.83. The fourth-order valence-electron chi connectivity index (χ4n) is 3.46. The molecule has 1 saturated heterocycles. The zero-order valence-corrected chi connectivity index (χ0v) is 14.2. The fraction of sp³-hybridized carbons (Fsp3) is 0.250. The number of aromatic nitrogens is 3. The van der Waals surface area contributed by atoms with Crippen LogP contribution < -0.4 is 0 Å². The first kappa shape index (κ1) is 16.4. The second kappa shape index (κ2) is 7.07. The molecular weight excluding hydrogens is 331 g/mol. The molecule has 1 aliphatic heterocycles. The van der Waals surface area contributed by atoms with Crippen molar-refractivity contribution in [1.82, 2.24) is 20.1 Å². The number of piperidine rings is 1. The van der Waals surface area contributed by atoms with Crippen molar-refractivity contribution >= 4 is 5.91 Å². The lowest BCUT2D eigenvalue weighted by atomic mass is 9.94. The second-order valence-corrected chi connectivity index (χ2v) is 6.51. The summed E-state index contributed by atoms with van der Waals surface area (Å²) in [5.41, 5.74) is 2.64. The molecule has 0 unspecified atom stereocenters. The SMILES string of the molecule is O=C(c1ccc(-c2ncccc2F)cc1)N1CCC[C@@H](c2ccn[nH]2)C1. The number of likely N-dealkylation sites (tertiary alicyclic amines) is 1. The summed E-state index contributed by atoms with van der Waals surface area (Å²) in [7, 11) is 0. The van der Waals surface area contributed by atoms with Gasteiger partial charge in [0.2, 0.25) is 0 Å². The van der Waals surface area contributed by atoms with Gasteiger partial charge in [-0.15, -0.1) is 0 Å². The Morgan fingerprint density at radius 2 is 2.00 bits per heavy atom. The van der Waals surface area contributed by atoms with Gasteiger partial charge in [0.05, 0.1) is 0 Å². The number of carbonyl (C=O) groups is 1. The Balaban J connectivity index is 1.50. The zero-order valence-electron chi connectivity index (χ0n) is 14.2. The highest BCUT2D eigenvalue weighted by Crippen LogP contribution is 2.27. The fourth-order valence-corrected chi connectivity index (χ4v) is 3.46. The molecule has 4 rings (SSSR count).